The van der Waals surface area contributed by atoms with E-state index in [2.05, 4.69) is 23.0 Å². The van der Waals surface area contributed by atoms with Gasteiger partial charge in [-0.2, -0.15) is 0 Å². The van der Waals surface area contributed by atoms with Crippen LogP contribution in [0.25, 0.3) is 10.2 Å². The maximum Gasteiger partial charge on any atom is 0.162 e. The van der Waals surface area contributed by atoms with Crippen molar-refractivity contribution >= 4 is 33.2 Å². The Bertz CT molecular complexity index is 565. The van der Waals surface area contributed by atoms with Gasteiger partial charge in [-0.25, -0.2) is 9.97 Å². The minimum atomic E-state index is -0.511. The molecule has 0 saturated carbocycles. The summed E-state index contributed by atoms with van der Waals surface area (Å²) in [5, 5.41) is 1.45. The summed E-state index contributed by atoms with van der Waals surface area (Å²) in [6.07, 6.45) is 0.988. The second-order valence-corrected chi connectivity index (χ2v) is 6.04. The fourth-order valence-electron chi connectivity index (χ4n) is 1.81. The lowest BCUT2D eigenvalue weighted by Gasteiger charge is -2.22. The van der Waals surface area contributed by atoms with Gasteiger partial charge in [-0.15, -0.1) is 11.3 Å². The van der Waals surface area contributed by atoms with Crippen LogP contribution in [-0.2, 0) is 16.8 Å². The van der Waals surface area contributed by atoms with E-state index in [1.807, 2.05) is 20.8 Å². The minimum absolute atomic E-state index is 0.511. The Hall–Kier alpha value is -0.710. The molecule has 2 aromatic rings. The van der Waals surface area contributed by atoms with Gasteiger partial charge < -0.3 is 4.74 Å². The van der Waals surface area contributed by atoms with Gasteiger partial charge in [0, 0.05) is 16.9 Å². The molecule has 0 amide bonds. The molecular formula is C13H17ClN2OS. The first kappa shape index (κ1) is 13.7. The molecule has 0 bridgehead atoms. The lowest BCUT2D eigenvalue weighted by atomic mass is 10.1. The molecule has 0 N–H and O–H groups in total. The zero-order chi connectivity index (χ0) is 13.3. The molecule has 18 heavy (non-hydrogen) atoms. The molecule has 0 fully saturated rings. The Balaban J connectivity index is 2.54. The highest BCUT2D eigenvalue weighted by Gasteiger charge is 2.26. The van der Waals surface area contributed by atoms with Crippen molar-refractivity contribution in [2.75, 3.05) is 6.61 Å². The van der Waals surface area contributed by atoms with E-state index in [0.29, 0.717) is 17.6 Å². The number of hydrogen-bond acceptors (Lipinski definition) is 4. The molecule has 0 unspecified atom stereocenters. The second kappa shape index (κ2) is 5.11. The average Bonchev–Trinajstić information content (AvgIpc) is 2.72. The molecule has 0 radical (unpaired) electrons. The molecule has 98 valence electrons. The van der Waals surface area contributed by atoms with Crippen LogP contribution < -0.4 is 0 Å². The molecule has 0 atom stereocenters. The molecule has 0 saturated heterocycles. The molecule has 5 heteroatoms. The SMILES string of the molecule is CCOC(C)(C)c1nc(Cl)c2cc(CC)sc2n1. The van der Waals surface area contributed by atoms with Crippen molar-refractivity contribution in [1.82, 2.24) is 9.97 Å². The second-order valence-electron chi connectivity index (χ2n) is 4.57. The summed E-state index contributed by atoms with van der Waals surface area (Å²) >= 11 is 7.91. The van der Waals surface area contributed by atoms with E-state index in [0.717, 1.165) is 16.6 Å². The third kappa shape index (κ3) is 2.51. The third-order valence-electron chi connectivity index (χ3n) is 2.79. The lowest BCUT2D eigenvalue weighted by Crippen LogP contribution is -2.24. The van der Waals surface area contributed by atoms with Crippen LogP contribution >= 0.6 is 22.9 Å². The van der Waals surface area contributed by atoms with Gasteiger partial charge in [-0.1, -0.05) is 18.5 Å². The number of ether oxygens (including phenoxy) is 1. The summed E-state index contributed by atoms with van der Waals surface area (Å²) in [5.41, 5.74) is -0.511. The maximum atomic E-state index is 6.24. The van der Waals surface area contributed by atoms with Crippen molar-refractivity contribution in [2.24, 2.45) is 0 Å². The highest BCUT2D eigenvalue weighted by Crippen LogP contribution is 2.32. The smallest absolute Gasteiger partial charge is 0.162 e. The summed E-state index contributed by atoms with van der Waals surface area (Å²) in [7, 11) is 0. The van der Waals surface area contributed by atoms with Gasteiger partial charge in [0.05, 0.1) is 0 Å². The molecule has 0 spiro atoms. The first-order chi connectivity index (χ1) is 8.47. The summed E-state index contributed by atoms with van der Waals surface area (Å²) in [4.78, 5) is 11.2. The quantitative estimate of drug-likeness (QED) is 0.790. The van der Waals surface area contributed by atoms with Crippen molar-refractivity contribution < 1.29 is 4.74 Å². The van der Waals surface area contributed by atoms with Crippen LogP contribution in [0.1, 0.15) is 38.4 Å². The molecule has 2 rings (SSSR count). The predicted octanol–water partition coefficient (Wildman–Crippen LogP) is 4.18. The molecule has 3 nitrogen and oxygen atoms in total. The van der Waals surface area contributed by atoms with E-state index in [1.54, 1.807) is 11.3 Å². The zero-order valence-electron chi connectivity index (χ0n) is 11.1. The van der Waals surface area contributed by atoms with E-state index < -0.39 is 5.60 Å². The number of thiophene rings is 1. The molecule has 0 aliphatic heterocycles. The number of rotatable bonds is 4. The Labute approximate surface area is 116 Å². The van der Waals surface area contributed by atoms with Crippen molar-refractivity contribution in [3.63, 3.8) is 0 Å². The molecule has 0 aliphatic carbocycles. The fourth-order valence-corrected chi connectivity index (χ4v) is 3.05. The van der Waals surface area contributed by atoms with Crippen molar-refractivity contribution in [2.45, 2.75) is 39.7 Å². The van der Waals surface area contributed by atoms with Gasteiger partial charge in [0.15, 0.2) is 5.82 Å². The van der Waals surface area contributed by atoms with Crippen LogP contribution in [0.2, 0.25) is 5.15 Å². The number of nitrogens with zero attached hydrogens (tertiary/aromatic N) is 2. The van der Waals surface area contributed by atoms with E-state index >= 15 is 0 Å². The van der Waals surface area contributed by atoms with Gasteiger partial charge in [0.25, 0.3) is 0 Å². The number of aromatic nitrogens is 2. The third-order valence-corrected chi connectivity index (χ3v) is 4.25. The number of fused-ring (bicyclic) bond motifs is 1. The topological polar surface area (TPSA) is 35.0 Å². The Morgan fingerprint density at radius 3 is 2.67 bits per heavy atom. The number of halogens is 1. The first-order valence-electron chi connectivity index (χ1n) is 6.08. The van der Waals surface area contributed by atoms with E-state index in [1.165, 1.54) is 4.88 Å². The fraction of sp³-hybridized carbons (Fsp3) is 0.538. The molecule has 2 aromatic heterocycles. The van der Waals surface area contributed by atoms with Crippen molar-refractivity contribution in [3.05, 3.63) is 21.9 Å². The Kier molecular flexibility index (Phi) is 3.90. The molecule has 0 aliphatic rings. The van der Waals surface area contributed by atoms with Crippen LogP contribution in [0.3, 0.4) is 0 Å². The standard InChI is InChI=1S/C13H17ClN2OS/c1-5-8-7-9-10(14)15-12(16-11(9)18-8)13(3,4)17-6-2/h7H,5-6H2,1-4H3. The van der Waals surface area contributed by atoms with Crippen molar-refractivity contribution in [1.29, 1.82) is 0 Å². The Morgan fingerprint density at radius 1 is 1.33 bits per heavy atom. The highest BCUT2D eigenvalue weighted by molar-refractivity contribution is 7.18. The van der Waals surface area contributed by atoms with Gasteiger partial charge in [0.1, 0.15) is 15.6 Å². The van der Waals surface area contributed by atoms with Gasteiger partial charge in [-0.3, -0.25) is 0 Å². The zero-order valence-corrected chi connectivity index (χ0v) is 12.7. The number of hydrogen-bond donors (Lipinski definition) is 0. The largest absolute Gasteiger partial charge is 0.368 e. The Morgan fingerprint density at radius 2 is 2.06 bits per heavy atom. The summed E-state index contributed by atoms with van der Waals surface area (Å²) in [5.74, 6) is 0.645. The van der Waals surface area contributed by atoms with Crippen LogP contribution in [0.4, 0.5) is 0 Å². The van der Waals surface area contributed by atoms with Crippen LogP contribution in [0.5, 0.6) is 0 Å². The lowest BCUT2D eigenvalue weighted by molar-refractivity contribution is -0.0205. The average molecular weight is 285 g/mol. The monoisotopic (exact) mass is 284 g/mol. The van der Waals surface area contributed by atoms with Crippen molar-refractivity contribution in [3.8, 4) is 0 Å². The molecule has 2 heterocycles. The van der Waals surface area contributed by atoms with Gasteiger partial charge >= 0.3 is 0 Å². The maximum absolute atomic E-state index is 6.24. The normalized spacial score (nSPS) is 12.3. The van der Waals surface area contributed by atoms with Crippen LogP contribution in [0.15, 0.2) is 6.07 Å². The summed E-state index contributed by atoms with van der Waals surface area (Å²) in [6, 6.07) is 2.07. The molecule has 0 aromatic carbocycles. The summed E-state index contributed by atoms with van der Waals surface area (Å²) in [6.45, 7) is 8.63. The van der Waals surface area contributed by atoms with Crippen LogP contribution in [0, 0.1) is 0 Å². The first-order valence-corrected chi connectivity index (χ1v) is 7.27. The van der Waals surface area contributed by atoms with Gasteiger partial charge in [-0.05, 0) is 33.3 Å². The number of aryl methyl sites for hydroxylation is 1. The van der Waals surface area contributed by atoms with E-state index in [4.69, 9.17) is 16.3 Å². The highest BCUT2D eigenvalue weighted by atomic mass is 35.5. The van der Waals surface area contributed by atoms with E-state index in [9.17, 15) is 0 Å². The predicted molar refractivity (Wildman–Crippen MR) is 76.5 cm³/mol. The minimum Gasteiger partial charge on any atom is -0.368 e. The molecular weight excluding hydrogens is 268 g/mol. The van der Waals surface area contributed by atoms with E-state index in [-0.39, 0.29) is 0 Å². The van der Waals surface area contributed by atoms with Gasteiger partial charge in [0.2, 0.25) is 0 Å². The summed E-state index contributed by atoms with van der Waals surface area (Å²) < 4.78 is 5.67. The van der Waals surface area contributed by atoms with Crippen LogP contribution in [-0.4, -0.2) is 16.6 Å².